The smallest absolute Gasteiger partial charge is 0.314 e. The van der Waals surface area contributed by atoms with Crippen LogP contribution in [0.25, 0.3) is 0 Å². The first-order chi connectivity index (χ1) is 8.65. The van der Waals surface area contributed by atoms with E-state index in [1.54, 1.807) is 13.8 Å². The highest BCUT2D eigenvalue weighted by Crippen LogP contribution is 2.13. The first-order valence-corrected chi connectivity index (χ1v) is 6.40. The second-order valence-electron chi connectivity index (χ2n) is 4.37. The normalized spacial score (nSPS) is 11.9. The molecular weight excluding hydrogens is 226 g/mol. The maximum atomic E-state index is 11.7. The van der Waals surface area contributed by atoms with E-state index in [0.29, 0.717) is 18.7 Å². The summed E-state index contributed by atoms with van der Waals surface area (Å²) in [5.41, 5.74) is 1.66. The summed E-state index contributed by atoms with van der Waals surface area (Å²) < 4.78 is 4.99. The van der Waals surface area contributed by atoms with Crippen LogP contribution in [0, 0.1) is 11.3 Å². The molecule has 0 bridgehead atoms. The molecule has 1 unspecified atom stereocenters. The number of aryl methyl sites for hydroxylation is 1. The molecule has 3 nitrogen and oxygen atoms in total. The number of esters is 1. The van der Waals surface area contributed by atoms with Crippen molar-refractivity contribution in [2.24, 2.45) is 5.92 Å². The van der Waals surface area contributed by atoms with Crippen molar-refractivity contribution in [2.45, 2.75) is 33.1 Å². The quantitative estimate of drug-likeness (QED) is 0.594. The number of hydrogen-bond acceptors (Lipinski definition) is 3. The Bertz CT molecular complexity index is 387. The Morgan fingerprint density at radius 3 is 2.56 bits per heavy atom. The van der Waals surface area contributed by atoms with E-state index in [1.165, 1.54) is 5.56 Å². The number of ether oxygens (including phenoxy) is 1. The molecule has 0 heterocycles. The molecule has 0 spiro atoms. The maximum Gasteiger partial charge on any atom is 0.314 e. The number of nitrogens with one attached hydrogen (secondary N) is 1. The van der Waals surface area contributed by atoms with Gasteiger partial charge in [-0.3, -0.25) is 4.79 Å². The van der Waals surface area contributed by atoms with E-state index in [1.807, 2.05) is 18.2 Å². The fourth-order valence-electron chi connectivity index (χ4n) is 1.91. The average molecular weight is 247 g/mol. The van der Waals surface area contributed by atoms with Crippen LogP contribution in [0.4, 0.5) is 0 Å². The molecule has 1 rings (SSSR count). The summed E-state index contributed by atoms with van der Waals surface area (Å²) in [6, 6.07) is 10.2. The lowest BCUT2D eigenvalue weighted by atomic mass is 9.96. The van der Waals surface area contributed by atoms with Gasteiger partial charge in [0.2, 0.25) is 0 Å². The SMILES string of the molecule is CCOC(=O)C(CCCc1ccccc1)C(C)=N. The molecule has 3 heteroatoms. The Hall–Kier alpha value is -1.64. The lowest BCUT2D eigenvalue weighted by molar-refractivity contribution is -0.145. The molecule has 0 saturated carbocycles. The predicted molar refractivity (Wildman–Crippen MR) is 72.9 cm³/mol. The Morgan fingerprint density at radius 1 is 1.33 bits per heavy atom. The third kappa shape index (κ3) is 4.70. The van der Waals surface area contributed by atoms with Gasteiger partial charge in [0.15, 0.2) is 0 Å². The zero-order valence-electron chi connectivity index (χ0n) is 11.1. The number of carbonyl (C=O) groups excluding carboxylic acids is 1. The van der Waals surface area contributed by atoms with Crippen LogP contribution in [0.3, 0.4) is 0 Å². The fourth-order valence-corrected chi connectivity index (χ4v) is 1.91. The highest BCUT2D eigenvalue weighted by atomic mass is 16.5. The Labute approximate surface area is 109 Å². The van der Waals surface area contributed by atoms with E-state index < -0.39 is 0 Å². The van der Waals surface area contributed by atoms with E-state index >= 15 is 0 Å². The minimum atomic E-state index is -0.381. The summed E-state index contributed by atoms with van der Waals surface area (Å²) in [7, 11) is 0. The number of benzene rings is 1. The molecule has 98 valence electrons. The monoisotopic (exact) mass is 247 g/mol. The summed E-state index contributed by atoms with van der Waals surface area (Å²) in [6.45, 7) is 3.84. The summed E-state index contributed by atoms with van der Waals surface area (Å²) >= 11 is 0. The lowest BCUT2D eigenvalue weighted by Gasteiger charge is -2.14. The molecule has 0 aliphatic carbocycles. The number of rotatable bonds is 7. The van der Waals surface area contributed by atoms with Crippen LogP contribution < -0.4 is 0 Å². The third-order valence-corrected chi connectivity index (χ3v) is 2.89. The molecule has 0 aliphatic heterocycles. The average Bonchev–Trinajstić information content (AvgIpc) is 2.35. The molecule has 0 saturated heterocycles. The van der Waals surface area contributed by atoms with Gasteiger partial charge in [-0.1, -0.05) is 30.3 Å². The van der Waals surface area contributed by atoms with Crippen molar-refractivity contribution >= 4 is 11.7 Å². The van der Waals surface area contributed by atoms with Crippen molar-refractivity contribution in [1.29, 1.82) is 5.41 Å². The van der Waals surface area contributed by atoms with E-state index in [9.17, 15) is 4.79 Å². The molecule has 0 amide bonds. The van der Waals surface area contributed by atoms with Gasteiger partial charge < -0.3 is 10.1 Å². The van der Waals surface area contributed by atoms with Gasteiger partial charge in [-0.25, -0.2) is 0 Å². The van der Waals surface area contributed by atoms with Crippen LogP contribution in [0.5, 0.6) is 0 Å². The van der Waals surface area contributed by atoms with Crippen LogP contribution >= 0.6 is 0 Å². The maximum absolute atomic E-state index is 11.7. The first kappa shape index (κ1) is 14.4. The largest absolute Gasteiger partial charge is 0.465 e. The van der Waals surface area contributed by atoms with Crippen molar-refractivity contribution in [3.05, 3.63) is 35.9 Å². The van der Waals surface area contributed by atoms with Crippen molar-refractivity contribution in [3.8, 4) is 0 Å². The fraction of sp³-hybridized carbons (Fsp3) is 0.467. The number of hydrogen-bond donors (Lipinski definition) is 1. The Kier molecular flexibility index (Phi) is 6.12. The molecule has 0 fully saturated rings. The van der Waals surface area contributed by atoms with Crippen LogP contribution in [0.2, 0.25) is 0 Å². The second-order valence-corrected chi connectivity index (χ2v) is 4.37. The van der Waals surface area contributed by atoms with E-state index in [4.69, 9.17) is 10.1 Å². The van der Waals surface area contributed by atoms with Crippen LogP contribution in [-0.4, -0.2) is 18.3 Å². The molecule has 1 aromatic carbocycles. The lowest BCUT2D eigenvalue weighted by Crippen LogP contribution is -2.24. The molecular formula is C15H21NO2. The van der Waals surface area contributed by atoms with Gasteiger partial charge >= 0.3 is 5.97 Å². The molecule has 0 aromatic heterocycles. The van der Waals surface area contributed by atoms with Crippen molar-refractivity contribution in [2.75, 3.05) is 6.61 Å². The molecule has 1 N–H and O–H groups in total. The van der Waals surface area contributed by atoms with E-state index in [-0.39, 0.29) is 11.9 Å². The summed E-state index contributed by atoms with van der Waals surface area (Å²) in [6.07, 6.45) is 2.51. The van der Waals surface area contributed by atoms with Crippen molar-refractivity contribution in [1.82, 2.24) is 0 Å². The topological polar surface area (TPSA) is 50.2 Å². The van der Waals surface area contributed by atoms with Crippen molar-refractivity contribution < 1.29 is 9.53 Å². The summed E-state index contributed by atoms with van der Waals surface area (Å²) in [5.74, 6) is -0.647. The molecule has 1 atom stereocenters. The first-order valence-electron chi connectivity index (χ1n) is 6.40. The van der Waals surface area contributed by atoms with Gasteiger partial charge in [0.25, 0.3) is 0 Å². The summed E-state index contributed by atoms with van der Waals surface area (Å²) in [4.78, 5) is 11.7. The highest BCUT2D eigenvalue weighted by molar-refractivity contribution is 5.99. The van der Waals surface area contributed by atoms with Gasteiger partial charge in [0.1, 0.15) is 0 Å². The molecule has 18 heavy (non-hydrogen) atoms. The predicted octanol–water partition coefficient (Wildman–Crippen LogP) is 3.23. The Balaban J connectivity index is 2.43. The van der Waals surface area contributed by atoms with Gasteiger partial charge in [-0.2, -0.15) is 0 Å². The second kappa shape index (κ2) is 7.64. The number of carbonyl (C=O) groups is 1. The van der Waals surface area contributed by atoms with Gasteiger partial charge in [0.05, 0.1) is 12.5 Å². The summed E-state index contributed by atoms with van der Waals surface area (Å²) in [5, 5.41) is 7.64. The minimum Gasteiger partial charge on any atom is -0.465 e. The van der Waals surface area contributed by atoms with Crippen molar-refractivity contribution in [3.63, 3.8) is 0 Å². The van der Waals surface area contributed by atoms with E-state index in [0.717, 1.165) is 12.8 Å². The van der Waals surface area contributed by atoms with Crippen LogP contribution in [0.1, 0.15) is 32.3 Å². The van der Waals surface area contributed by atoms with Gasteiger partial charge in [-0.05, 0) is 38.7 Å². The van der Waals surface area contributed by atoms with E-state index in [2.05, 4.69) is 12.1 Å². The molecule has 0 radical (unpaired) electrons. The third-order valence-electron chi connectivity index (χ3n) is 2.89. The Morgan fingerprint density at radius 2 is 2.00 bits per heavy atom. The van der Waals surface area contributed by atoms with Crippen LogP contribution in [-0.2, 0) is 16.0 Å². The van der Waals surface area contributed by atoms with Gasteiger partial charge in [-0.15, -0.1) is 0 Å². The van der Waals surface area contributed by atoms with Gasteiger partial charge in [0, 0.05) is 5.71 Å². The highest BCUT2D eigenvalue weighted by Gasteiger charge is 2.21. The molecule has 0 aliphatic rings. The zero-order valence-corrected chi connectivity index (χ0v) is 11.1. The minimum absolute atomic E-state index is 0.266. The standard InChI is InChI=1S/C15H21NO2/c1-3-18-15(17)14(12(2)16)11-7-10-13-8-5-4-6-9-13/h4-6,8-9,14,16H,3,7,10-11H2,1-2H3. The zero-order chi connectivity index (χ0) is 13.4. The van der Waals surface area contributed by atoms with Crippen LogP contribution in [0.15, 0.2) is 30.3 Å². The molecule has 1 aromatic rings.